The number of benzene rings is 3. The Morgan fingerprint density at radius 2 is 1.48 bits per heavy atom. The van der Waals surface area contributed by atoms with Gasteiger partial charge in [0, 0.05) is 0 Å². The predicted molar refractivity (Wildman–Crippen MR) is 113 cm³/mol. The van der Waals surface area contributed by atoms with Crippen molar-refractivity contribution in [3.05, 3.63) is 101 Å². The molecule has 0 saturated carbocycles. The van der Waals surface area contributed by atoms with Crippen molar-refractivity contribution >= 4 is 36.1 Å². The van der Waals surface area contributed by atoms with Gasteiger partial charge in [-0.2, -0.15) is 0 Å². The van der Waals surface area contributed by atoms with Crippen LogP contribution in [0.4, 0.5) is 0 Å². The number of thioether (sulfide) groups is 1. The second kappa shape index (κ2) is 9.67. The van der Waals surface area contributed by atoms with Gasteiger partial charge in [-0.3, -0.25) is 0 Å². The molecule has 0 heterocycles. The summed E-state index contributed by atoms with van der Waals surface area (Å²) >= 11 is 2.19. The predicted octanol–water partition coefficient (Wildman–Crippen LogP) is 5.76. The van der Waals surface area contributed by atoms with Gasteiger partial charge in [0.2, 0.25) is 0 Å². The van der Waals surface area contributed by atoms with Crippen molar-refractivity contribution < 1.29 is 0 Å². The van der Waals surface area contributed by atoms with E-state index in [4.69, 9.17) is 0 Å². The molecule has 3 aromatic carbocycles. The third kappa shape index (κ3) is 5.64. The minimum atomic E-state index is 0.334. The van der Waals surface area contributed by atoms with E-state index < -0.39 is 0 Å². The third-order valence-electron chi connectivity index (χ3n) is 3.79. The fourth-order valence-electron chi connectivity index (χ4n) is 2.51. The molecule has 0 nitrogen and oxygen atoms in total. The summed E-state index contributed by atoms with van der Waals surface area (Å²) in [5.41, 5.74) is 2.73. The topological polar surface area (TPSA) is 0 Å². The molecule has 0 aliphatic rings. The van der Waals surface area contributed by atoms with Crippen molar-refractivity contribution in [3.63, 3.8) is 0 Å². The van der Waals surface area contributed by atoms with Gasteiger partial charge >= 0.3 is 162 Å². The first-order valence-corrected chi connectivity index (χ1v) is 11.3. The van der Waals surface area contributed by atoms with Gasteiger partial charge in [0.25, 0.3) is 0 Å². The van der Waals surface area contributed by atoms with E-state index >= 15 is 0 Å². The van der Waals surface area contributed by atoms with E-state index in [9.17, 15) is 0 Å². The van der Waals surface area contributed by atoms with E-state index in [-0.39, 0.29) is 0 Å². The fraction of sp³-hybridized carbons (Fsp3) is 0.130. The van der Waals surface area contributed by atoms with E-state index in [1.54, 1.807) is 0 Å². The summed E-state index contributed by atoms with van der Waals surface area (Å²) in [6.45, 7) is 2.23. The second-order valence-electron chi connectivity index (χ2n) is 5.78. The summed E-state index contributed by atoms with van der Waals surface area (Å²) in [4.78, 5) is 5.04. The first-order chi connectivity index (χ1) is 12.3. The summed E-state index contributed by atoms with van der Waals surface area (Å²) in [6, 6.07) is 30.5. The van der Waals surface area contributed by atoms with E-state index in [1.165, 1.54) is 31.8 Å². The Labute approximate surface area is 161 Å². The fourth-order valence-corrected chi connectivity index (χ4v) is 5.37. The first kappa shape index (κ1) is 18.1. The molecule has 0 spiro atoms. The van der Waals surface area contributed by atoms with Crippen LogP contribution in [0.5, 0.6) is 0 Å². The van der Waals surface area contributed by atoms with Crippen LogP contribution in [0, 0.1) is 0 Å². The number of hydrogen-bond donors (Lipinski definition) is 0. The summed E-state index contributed by atoms with van der Waals surface area (Å²) in [7, 11) is 0. The zero-order valence-corrected chi connectivity index (χ0v) is 16.9. The molecule has 0 aliphatic heterocycles. The van der Waals surface area contributed by atoms with Crippen molar-refractivity contribution in [1.82, 2.24) is 0 Å². The molecule has 0 aliphatic carbocycles. The first-order valence-electron chi connectivity index (χ1n) is 8.59. The molecule has 0 bridgehead atoms. The van der Waals surface area contributed by atoms with Crippen LogP contribution in [0.2, 0.25) is 0 Å². The van der Waals surface area contributed by atoms with Gasteiger partial charge in [0.1, 0.15) is 0 Å². The van der Waals surface area contributed by atoms with Crippen molar-refractivity contribution in [1.29, 1.82) is 0 Å². The monoisotopic (exact) mass is 410 g/mol. The number of rotatable bonds is 7. The zero-order valence-electron chi connectivity index (χ0n) is 14.4. The molecular formula is C23H22SSe. The molecule has 3 aromatic rings. The Kier molecular flexibility index (Phi) is 6.99. The van der Waals surface area contributed by atoms with Crippen LogP contribution in [0.1, 0.15) is 24.5 Å². The van der Waals surface area contributed by atoms with Gasteiger partial charge in [-0.1, -0.05) is 0 Å². The maximum atomic E-state index is 2.41. The van der Waals surface area contributed by atoms with E-state index in [0.29, 0.717) is 15.0 Å². The number of aryl methyl sites for hydroxylation is 1. The van der Waals surface area contributed by atoms with Crippen LogP contribution >= 0.6 is 11.8 Å². The normalized spacial score (nSPS) is 11.5. The Morgan fingerprint density at radius 3 is 2.12 bits per heavy atom. The Balaban J connectivity index is 1.85. The van der Waals surface area contributed by atoms with Gasteiger partial charge in [0.15, 0.2) is 0 Å². The van der Waals surface area contributed by atoms with Crippen LogP contribution < -0.4 is 4.46 Å². The van der Waals surface area contributed by atoms with Crippen molar-refractivity contribution in [2.75, 3.05) is 0 Å². The van der Waals surface area contributed by atoms with Gasteiger partial charge in [0.05, 0.1) is 0 Å². The standard InChI is InChI=1S/C23H22SSe/c1-2-9-19-14-16-20(17-15-19)23(24-21-10-5-3-6-11-21)18-25-22-12-7-4-8-13-22/h3-8,10-18H,2,9H2,1H3/b23-18-. The van der Waals surface area contributed by atoms with Crippen LogP contribution in [0.25, 0.3) is 4.91 Å². The van der Waals surface area contributed by atoms with Crippen molar-refractivity contribution in [3.8, 4) is 0 Å². The maximum absolute atomic E-state index is 2.41. The molecule has 0 aromatic heterocycles. The van der Waals surface area contributed by atoms with Gasteiger partial charge in [-0.05, 0) is 0 Å². The summed E-state index contributed by atoms with van der Waals surface area (Å²) in [6.07, 6.45) is 2.34. The van der Waals surface area contributed by atoms with E-state index in [0.717, 1.165) is 6.42 Å². The quantitative estimate of drug-likeness (QED) is 0.353. The molecule has 25 heavy (non-hydrogen) atoms. The number of hydrogen-bond acceptors (Lipinski definition) is 1. The molecule has 126 valence electrons. The molecule has 0 unspecified atom stereocenters. The summed E-state index contributed by atoms with van der Waals surface area (Å²) < 4.78 is 1.41. The SMILES string of the molecule is CCCc1ccc(/C(=C/[Se]c2ccccc2)Sc2ccccc2)cc1. The zero-order chi connectivity index (χ0) is 17.3. The van der Waals surface area contributed by atoms with Crippen LogP contribution in [-0.2, 0) is 6.42 Å². The molecule has 2 heteroatoms. The molecule has 0 N–H and O–H groups in total. The van der Waals surface area contributed by atoms with Crippen LogP contribution in [0.3, 0.4) is 0 Å². The Hall–Kier alpha value is -1.73. The average molecular weight is 409 g/mol. The Morgan fingerprint density at radius 1 is 0.840 bits per heavy atom. The molecule has 0 atom stereocenters. The molecule has 0 amide bonds. The van der Waals surface area contributed by atoms with Crippen molar-refractivity contribution in [2.24, 2.45) is 0 Å². The summed E-state index contributed by atoms with van der Waals surface area (Å²) in [5.74, 6) is 0. The molecule has 0 radical (unpaired) electrons. The van der Waals surface area contributed by atoms with Crippen molar-refractivity contribution in [2.45, 2.75) is 24.7 Å². The summed E-state index contributed by atoms with van der Waals surface area (Å²) in [5, 5.41) is 0. The van der Waals surface area contributed by atoms with Gasteiger partial charge < -0.3 is 0 Å². The van der Waals surface area contributed by atoms with Gasteiger partial charge in [-0.25, -0.2) is 0 Å². The van der Waals surface area contributed by atoms with Crippen LogP contribution in [-0.4, -0.2) is 15.0 Å². The molecule has 0 fully saturated rings. The Bertz CT molecular complexity index is 793. The average Bonchev–Trinajstić information content (AvgIpc) is 2.68. The third-order valence-corrected chi connectivity index (χ3v) is 7.10. The molecular weight excluding hydrogens is 387 g/mol. The van der Waals surface area contributed by atoms with E-state index in [1.807, 2.05) is 11.8 Å². The molecule has 0 saturated heterocycles. The van der Waals surface area contributed by atoms with E-state index in [2.05, 4.69) is 96.8 Å². The van der Waals surface area contributed by atoms with Crippen LogP contribution in [0.15, 0.2) is 94.8 Å². The minimum absolute atomic E-state index is 0.334. The molecule has 3 rings (SSSR count). The second-order valence-corrected chi connectivity index (χ2v) is 8.87. The van der Waals surface area contributed by atoms with Gasteiger partial charge in [-0.15, -0.1) is 0 Å².